The number of hydrogen-bond donors (Lipinski definition) is 3. The highest BCUT2D eigenvalue weighted by atomic mass is 19.4. The molecule has 1 saturated heterocycles. The Morgan fingerprint density at radius 3 is 2.79 bits per heavy atom. The molecule has 4 heterocycles. The third kappa shape index (κ3) is 5.77. The third-order valence-electron chi connectivity index (χ3n) is 6.03. The monoisotopic (exact) mass is 549 g/mol. The van der Waals surface area contributed by atoms with E-state index in [0.717, 1.165) is 23.6 Å². The molecule has 1 saturated carbocycles. The molecule has 3 aromatic rings. The van der Waals surface area contributed by atoms with E-state index in [0.29, 0.717) is 0 Å². The summed E-state index contributed by atoms with van der Waals surface area (Å²) in [5.74, 6) is -0.170. The number of alkyl halides is 6. The zero-order chi connectivity index (χ0) is 27.2. The first-order valence-electron chi connectivity index (χ1n) is 11.3. The molecule has 3 N–H and O–H groups in total. The average Bonchev–Trinajstić information content (AvgIpc) is 3.19. The van der Waals surface area contributed by atoms with Crippen molar-refractivity contribution in [2.75, 3.05) is 11.9 Å². The highest BCUT2D eigenvalue weighted by Gasteiger charge is 2.44. The summed E-state index contributed by atoms with van der Waals surface area (Å²) in [6.45, 7) is 0.697. The summed E-state index contributed by atoms with van der Waals surface area (Å²) in [6.07, 6.45) is -10.2. The first-order chi connectivity index (χ1) is 17.9. The molecule has 38 heavy (non-hydrogen) atoms. The minimum atomic E-state index is -4.91. The van der Waals surface area contributed by atoms with Crippen LogP contribution in [-0.2, 0) is 20.8 Å². The minimum Gasteiger partial charge on any atom is -0.441 e. The Balaban J connectivity index is 1.30. The predicted octanol–water partition coefficient (Wildman–Crippen LogP) is 4.23. The molecule has 3 atom stereocenters. The number of nitrogens with zero attached hydrogens (tertiary/aromatic N) is 4. The zero-order valence-electron chi connectivity index (χ0n) is 19.6. The predicted molar refractivity (Wildman–Crippen MR) is 115 cm³/mol. The van der Waals surface area contributed by atoms with Crippen molar-refractivity contribution in [3.8, 4) is 0 Å². The van der Waals surface area contributed by atoms with E-state index in [1.165, 1.54) is 12.1 Å². The molecular weight excluding hydrogens is 528 g/mol. The van der Waals surface area contributed by atoms with E-state index >= 15 is 0 Å². The van der Waals surface area contributed by atoms with Crippen LogP contribution in [0.4, 0.5) is 42.8 Å². The van der Waals surface area contributed by atoms with Crippen LogP contribution < -0.4 is 10.6 Å². The first-order valence-corrected chi connectivity index (χ1v) is 11.3. The fourth-order valence-corrected chi connectivity index (χ4v) is 3.82. The van der Waals surface area contributed by atoms with E-state index in [4.69, 9.17) is 9.47 Å². The van der Waals surface area contributed by atoms with Crippen LogP contribution in [0.15, 0.2) is 18.3 Å². The van der Waals surface area contributed by atoms with E-state index in [9.17, 15) is 31.1 Å². The van der Waals surface area contributed by atoms with E-state index in [-0.39, 0.29) is 40.7 Å². The van der Waals surface area contributed by atoms with Gasteiger partial charge in [0.05, 0.1) is 24.2 Å². The summed E-state index contributed by atoms with van der Waals surface area (Å²) in [5, 5.41) is 15.7. The summed E-state index contributed by atoms with van der Waals surface area (Å²) in [6, 6.07) is 2.51. The molecule has 0 radical (unpaired) electrons. The molecule has 1 aliphatic carbocycles. The highest BCUT2D eigenvalue weighted by Crippen LogP contribution is 2.36. The fraction of sp³-hybridized carbons (Fsp3) is 0.524. The van der Waals surface area contributed by atoms with Crippen molar-refractivity contribution in [1.82, 2.24) is 30.1 Å². The normalized spacial score (nSPS) is 22.7. The van der Waals surface area contributed by atoms with Gasteiger partial charge in [-0.2, -0.15) is 10.2 Å². The molecule has 2 fully saturated rings. The SMILES string of the molecule is CC1(NC(=O)O[C@H]2CO[C@@H](c3cc(Nc4nc(C(F)F)cn5nc(COC(F)(F)F)cc45)n[nH]3)[C@@H]2F)CC1. The topological polar surface area (TPSA) is 128 Å². The summed E-state index contributed by atoms with van der Waals surface area (Å²) < 4.78 is 94.2. The Kier molecular flexibility index (Phi) is 6.58. The van der Waals surface area contributed by atoms with Gasteiger partial charge >= 0.3 is 12.5 Å². The van der Waals surface area contributed by atoms with Gasteiger partial charge in [-0.15, -0.1) is 13.2 Å². The zero-order valence-corrected chi connectivity index (χ0v) is 19.6. The minimum absolute atomic E-state index is 0.0228. The number of amides is 1. The smallest absolute Gasteiger partial charge is 0.441 e. The van der Waals surface area contributed by atoms with Crippen LogP contribution in [0.25, 0.3) is 5.52 Å². The van der Waals surface area contributed by atoms with Crippen molar-refractivity contribution in [2.24, 2.45) is 0 Å². The number of fused-ring (bicyclic) bond motifs is 1. The number of halogens is 6. The molecule has 0 bridgehead atoms. The Bertz CT molecular complexity index is 1330. The Hall–Kier alpha value is -3.60. The quantitative estimate of drug-likeness (QED) is 0.357. The molecule has 11 nitrogen and oxygen atoms in total. The van der Waals surface area contributed by atoms with Crippen molar-refractivity contribution >= 4 is 23.2 Å². The van der Waals surface area contributed by atoms with Gasteiger partial charge in [0.2, 0.25) is 0 Å². The lowest BCUT2D eigenvalue weighted by atomic mass is 10.1. The molecule has 1 aliphatic heterocycles. The first kappa shape index (κ1) is 26.0. The van der Waals surface area contributed by atoms with Gasteiger partial charge in [-0.05, 0) is 25.8 Å². The molecule has 3 aromatic heterocycles. The standard InChI is InChI=1S/C21H21F6N7O4/c1-20(2-3-20)30-19(35)38-13-8-36-16(15(13)22)10-5-14(32-31-10)29-18-12-4-9(7-37-21(25,26)27)33-34(12)6-11(28-18)17(23)24/h4-6,13,15-17H,2-3,7-8H2,1H3,(H,30,35)(H2,28,29,31,32)/t13-,15+,16-/m0/s1. The molecule has 17 heteroatoms. The van der Waals surface area contributed by atoms with Crippen LogP contribution in [0, 0.1) is 0 Å². The molecule has 1 amide bonds. The van der Waals surface area contributed by atoms with Crippen molar-refractivity contribution < 1.29 is 45.3 Å². The summed E-state index contributed by atoms with van der Waals surface area (Å²) in [4.78, 5) is 15.8. The second-order valence-electron chi connectivity index (χ2n) is 9.18. The lowest BCUT2D eigenvalue weighted by Gasteiger charge is -2.17. The molecular formula is C21H21F6N7O4. The maximum Gasteiger partial charge on any atom is 0.522 e. The summed E-state index contributed by atoms with van der Waals surface area (Å²) >= 11 is 0. The number of hydrogen-bond acceptors (Lipinski definition) is 8. The molecule has 0 aromatic carbocycles. The number of ether oxygens (including phenoxy) is 3. The number of carbonyl (C=O) groups is 1. The second kappa shape index (κ2) is 9.61. The fourth-order valence-electron chi connectivity index (χ4n) is 3.82. The number of anilines is 2. The maximum absolute atomic E-state index is 15.0. The number of rotatable bonds is 8. The average molecular weight is 549 g/mol. The van der Waals surface area contributed by atoms with Crippen LogP contribution in [0.2, 0.25) is 0 Å². The van der Waals surface area contributed by atoms with E-state index < -0.39 is 49.6 Å². The number of H-pyrrole nitrogens is 1. The number of nitrogens with one attached hydrogen (secondary N) is 3. The van der Waals surface area contributed by atoms with Crippen molar-refractivity contribution in [3.63, 3.8) is 0 Å². The van der Waals surface area contributed by atoms with Gasteiger partial charge in [0.15, 0.2) is 23.9 Å². The van der Waals surface area contributed by atoms with Crippen LogP contribution in [-0.4, -0.2) is 61.7 Å². The van der Waals surface area contributed by atoms with Crippen molar-refractivity contribution in [3.05, 3.63) is 35.4 Å². The van der Waals surface area contributed by atoms with Crippen LogP contribution in [0.5, 0.6) is 0 Å². The molecule has 5 rings (SSSR count). The third-order valence-corrected chi connectivity index (χ3v) is 6.03. The largest absolute Gasteiger partial charge is 0.522 e. The Morgan fingerprint density at radius 1 is 1.34 bits per heavy atom. The van der Waals surface area contributed by atoms with Crippen molar-refractivity contribution in [1.29, 1.82) is 0 Å². The second-order valence-corrected chi connectivity index (χ2v) is 9.18. The van der Waals surface area contributed by atoms with Gasteiger partial charge in [0, 0.05) is 11.6 Å². The van der Waals surface area contributed by atoms with Gasteiger partial charge in [0.1, 0.15) is 23.9 Å². The summed E-state index contributed by atoms with van der Waals surface area (Å²) in [7, 11) is 0. The van der Waals surface area contributed by atoms with E-state index in [2.05, 4.69) is 35.7 Å². The van der Waals surface area contributed by atoms with Gasteiger partial charge < -0.3 is 20.1 Å². The van der Waals surface area contributed by atoms with E-state index in [1.807, 2.05) is 6.92 Å². The lowest BCUT2D eigenvalue weighted by molar-refractivity contribution is -0.330. The number of aromatic amines is 1. The van der Waals surface area contributed by atoms with Crippen LogP contribution in [0.1, 0.15) is 49.4 Å². The summed E-state index contributed by atoms with van der Waals surface area (Å²) in [5.41, 5.74) is -1.01. The van der Waals surface area contributed by atoms with Crippen LogP contribution >= 0.6 is 0 Å². The van der Waals surface area contributed by atoms with Gasteiger partial charge in [-0.3, -0.25) is 9.84 Å². The molecule has 206 valence electrons. The van der Waals surface area contributed by atoms with Gasteiger partial charge in [-0.1, -0.05) is 0 Å². The number of carbonyl (C=O) groups excluding carboxylic acids is 1. The Labute approximate surface area is 209 Å². The molecule has 2 aliphatic rings. The van der Waals surface area contributed by atoms with E-state index in [1.54, 1.807) is 0 Å². The maximum atomic E-state index is 15.0. The molecule has 0 unspecified atom stereocenters. The van der Waals surface area contributed by atoms with Crippen molar-refractivity contribution in [2.45, 2.75) is 63.1 Å². The number of alkyl carbamates (subject to hydrolysis) is 1. The number of aromatic nitrogens is 5. The van der Waals surface area contributed by atoms with Gasteiger partial charge in [0.25, 0.3) is 6.43 Å². The lowest BCUT2D eigenvalue weighted by Crippen LogP contribution is -2.39. The highest BCUT2D eigenvalue weighted by molar-refractivity contribution is 5.72. The molecule has 0 spiro atoms. The van der Waals surface area contributed by atoms with Crippen LogP contribution in [0.3, 0.4) is 0 Å². The van der Waals surface area contributed by atoms with Gasteiger partial charge in [-0.25, -0.2) is 27.5 Å². The Morgan fingerprint density at radius 2 is 2.11 bits per heavy atom.